The van der Waals surface area contributed by atoms with Crippen molar-refractivity contribution < 1.29 is 0 Å². The van der Waals surface area contributed by atoms with E-state index in [0.29, 0.717) is 17.5 Å². The molecule has 5 atom stereocenters. The van der Waals surface area contributed by atoms with Crippen LogP contribution in [0.15, 0.2) is 71.6 Å². The van der Waals surface area contributed by atoms with Crippen molar-refractivity contribution in [1.29, 1.82) is 0 Å². The molecule has 0 N–H and O–H groups in total. The fraction of sp³-hybridized carbons (Fsp3) is 0.440. The second-order valence-corrected chi connectivity index (χ2v) is 11.3. The van der Waals surface area contributed by atoms with Crippen LogP contribution in [0.4, 0.5) is 0 Å². The van der Waals surface area contributed by atoms with Crippen molar-refractivity contribution in [2.24, 2.45) is 17.3 Å². The molecule has 1 aliphatic heterocycles. The third-order valence-electron chi connectivity index (χ3n) is 7.71. The van der Waals surface area contributed by atoms with Gasteiger partial charge in [-0.2, -0.15) is 0 Å². The summed E-state index contributed by atoms with van der Waals surface area (Å²) in [5.74, 6) is 1.67. The molecule has 6 rings (SSSR count). The van der Waals surface area contributed by atoms with E-state index in [1.807, 2.05) is 5.31 Å². The highest BCUT2D eigenvalue weighted by Gasteiger charge is 2.59. The Morgan fingerprint density at radius 1 is 1.00 bits per heavy atom. The maximum absolute atomic E-state index is 2.86. The largest absolute Gasteiger partial charge is 0.260 e. The molecule has 0 amide bonds. The lowest BCUT2D eigenvalue weighted by atomic mass is 9.48. The van der Waals surface area contributed by atoms with Gasteiger partial charge in [0.15, 0.2) is 0 Å². The van der Waals surface area contributed by atoms with Crippen LogP contribution in [0, 0.1) is 17.3 Å². The van der Waals surface area contributed by atoms with Crippen molar-refractivity contribution in [3.8, 4) is 0 Å². The molecule has 0 aromatic heterocycles. The molecule has 2 aromatic rings. The number of benzene rings is 2. The maximum Gasteiger partial charge on any atom is 0.0616 e. The molecular weight excluding hydrogens is 345 g/mol. The van der Waals surface area contributed by atoms with Gasteiger partial charge in [-0.15, -0.1) is 0 Å². The summed E-state index contributed by atoms with van der Waals surface area (Å²) < 4.78 is 2.86. The van der Waals surface area contributed by atoms with Gasteiger partial charge in [-0.25, -0.2) is 0 Å². The van der Waals surface area contributed by atoms with Crippen molar-refractivity contribution in [3.63, 3.8) is 0 Å². The number of rotatable bonds is 3. The molecule has 4 aliphatic rings. The summed E-state index contributed by atoms with van der Waals surface area (Å²) in [5, 5.41) is 1.82. The van der Waals surface area contributed by atoms with E-state index in [2.05, 4.69) is 92.8 Å². The zero-order chi connectivity index (χ0) is 18.8. The summed E-state index contributed by atoms with van der Waals surface area (Å²) in [6.07, 6.45) is 2.74. The molecule has 2 heteroatoms. The molecule has 3 aliphatic carbocycles. The van der Waals surface area contributed by atoms with Crippen molar-refractivity contribution in [1.82, 2.24) is 4.67 Å². The molecule has 27 heavy (non-hydrogen) atoms. The Bertz CT molecular complexity index is 870. The molecule has 140 valence electrons. The smallest absolute Gasteiger partial charge is 0.0616 e. The second-order valence-electron chi connectivity index (χ2n) is 9.22. The van der Waals surface area contributed by atoms with E-state index in [4.69, 9.17) is 0 Å². The molecule has 1 fully saturated rings. The van der Waals surface area contributed by atoms with Crippen LogP contribution in [0.25, 0.3) is 0 Å². The van der Waals surface area contributed by atoms with Crippen LogP contribution in [-0.2, 0) is 0 Å². The Balaban J connectivity index is 1.62. The third-order valence-corrected chi connectivity index (χ3v) is 10.2. The lowest BCUT2D eigenvalue weighted by Gasteiger charge is -2.58. The number of nitrogens with zero attached hydrogens (tertiary/aromatic N) is 1. The number of allylic oxidation sites excluding steroid dienone is 1. The van der Waals surface area contributed by atoms with E-state index in [-0.39, 0.29) is 8.07 Å². The SMILES string of the molecule is C[C@H](c1ccccc1)N1[C@@H](c2ccccc2)C2=C(C[C@H]3C[C@@H]2C3(C)C)P1C. The molecule has 0 radical (unpaired) electrons. The van der Waals surface area contributed by atoms with E-state index in [0.717, 1.165) is 11.8 Å². The van der Waals surface area contributed by atoms with Crippen LogP contribution in [-0.4, -0.2) is 11.3 Å². The van der Waals surface area contributed by atoms with Crippen LogP contribution < -0.4 is 0 Å². The van der Waals surface area contributed by atoms with E-state index in [9.17, 15) is 0 Å². The van der Waals surface area contributed by atoms with Gasteiger partial charge in [-0.1, -0.05) is 74.5 Å². The monoisotopic (exact) mass is 375 g/mol. The van der Waals surface area contributed by atoms with Crippen molar-refractivity contribution >= 4 is 8.07 Å². The fourth-order valence-corrected chi connectivity index (χ4v) is 8.57. The van der Waals surface area contributed by atoms with E-state index in [1.165, 1.54) is 24.0 Å². The van der Waals surface area contributed by atoms with Crippen molar-refractivity contribution in [3.05, 3.63) is 82.7 Å². The summed E-state index contributed by atoms with van der Waals surface area (Å²) >= 11 is 0. The van der Waals surface area contributed by atoms with Gasteiger partial charge in [-0.05, 0) is 73.8 Å². The van der Waals surface area contributed by atoms with Gasteiger partial charge < -0.3 is 0 Å². The van der Waals surface area contributed by atoms with E-state index >= 15 is 0 Å². The van der Waals surface area contributed by atoms with Crippen molar-refractivity contribution in [2.45, 2.75) is 45.7 Å². The van der Waals surface area contributed by atoms with Gasteiger partial charge in [0.25, 0.3) is 0 Å². The quantitative estimate of drug-likeness (QED) is 0.515. The van der Waals surface area contributed by atoms with Gasteiger partial charge >= 0.3 is 0 Å². The molecule has 1 heterocycles. The molecule has 2 aromatic carbocycles. The first-order chi connectivity index (χ1) is 13.0. The molecule has 1 saturated carbocycles. The standard InChI is InChI=1S/C25H30NP/c1-17(18-11-7-5-8-12-18)26-24(19-13-9-6-10-14-19)23-21-15-20(25(21,2)3)16-22(23)27(26)4/h5-14,17,20-21,24H,15-16H2,1-4H3/t17-,20-,21+,24+,27?/m1/s1. The first-order valence-corrected chi connectivity index (χ1v) is 12.1. The number of hydrogen-bond acceptors (Lipinski definition) is 1. The van der Waals surface area contributed by atoms with Gasteiger partial charge in [-0.3, -0.25) is 4.67 Å². The molecule has 1 unspecified atom stereocenters. The molecule has 0 saturated heterocycles. The summed E-state index contributed by atoms with van der Waals surface area (Å²) in [7, 11) is -0.237. The summed E-state index contributed by atoms with van der Waals surface area (Å²) in [4.78, 5) is 0. The second kappa shape index (κ2) is 6.29. The fourth-order valence-electron chi connectivity index (χ4n) is 5.90. The van der Waals surface area contributed by atoms with Gasteiger partial charge in [0, 0.05) is 6.04 Å². The van der Waals surface area contributed by atoms with Gasteiger partial charge in [0.05, 0.1) is 6.04 Å². The average Bonchev–Trinajstić information content (AvgIpc) is 3.01. The van der Waals surface area contributed by atoms with Crippen molar-refractivity contribution in [2.75, 3.05) is 6.66 Å². The molecule has 2 bridgehead atoms. The maximum atomic E-state index is 2.86. The zero-order valence-corrected chi connectivity index (χ0v) is 17.8. The molecule has 0 spiro atoms. The Morgan fingerprint density at radius 2 is 1.63 bits per heavy atom. The Hall–Kier alpha value is -1.43. The average molecular weight is 375 g/mol. The van der Waals surface area contributed by atoms with Gasteiger partial charge in [0.1, 0.15) is 0 Å². The highest BCUT2D eigenvalue weighted by molar-refractivity contribution is 7.59. The highest BCUT2D eigenvalue weighted by atomic mass is 31.1. The van der Waals surface area contributed by atoms with Crippen LogP contribution in [0.3, 0.4) is 0 Å². The van der Waals surface area contributed by atoms with Crippen LogP contribution in [0.1, 0.15) is 56.8 Å². The summed E-state index contributed by atoms with van der Waals surface area (Å²) in [5.41, 5.74) is 5.21. The molecule has 1 nitrogen and oxygen atoms in total. The highest BCUT2D eigenvalue weighted by Crippen LogP contribution is 2.75. The number of hydrogen-bond donors (Lipinski definition) is 0. The lowest BCUT2D eigenvalue weighted by molar-refractivity contribution is -0.0132. The minimum atomic E-state index is -0.237. The Morgan fingerprint density at radius 3 is 2.26 bits per heavy atom. The van der Waals surface area contributed by atoms with Crippen LogP contribution >= 0.6 is 8.07 Å². The van der Waals surface area contributed by atoms with E-state index in [1.54, 1.807) is 5.57 Å². The first-order valence-electron chi connectivity index (χ1n) is 10.3. The van der Waals surface area contributed by atoms with Crippen LogP contribution in [0.5, 0.6) is 0 Å². The Kier molecular flexibility index (Phi) is 4.12. The predicted octanol–water partition coefficient (Wildman–Crippen LogP) is 7.15. The third kappa shape index (κ3) is 2.51. The lowest BCUT2D eigenvalue weighted by Crippen LogP contribution is -2.49. The Labute approximate surface area is 165 Å². The summed E-state index contributed by atoms with van der Waals surface area (Å²) in [6, 6.07) is 23.3. The van der Waals surface area contributed by atoms with Crippen LogP contribution in [0.2, 0.25) is 0 Å². The minimum Gasteiger partial charge on any atom is -0.260 e. The first kappa shape index (κ1) is 17.7. The van der Waals surface area contributed by atoms with Gasteiger partial charge in [0.2, 0.25) is 0 Å². The summed E-state index contributed by atoms with van der Waals surface area (Å²) in [6.45, 7) is 9.96. The normalized spacial score (nSPS) is 32.7. The predicted molar refractivity (Wildman–Crippen MR) is 116 cm³/mol. The minimum absolute atomic E-state index is 0.237. The zero-order valence-electron chi connectivity index (χ0n) is 16.9. The van der Waals surface area contributed by atoms with E-state index < -0.39 is 0 Å². The molecular formula is C25H30NP. The topological polar surface area (TPSA) is 3.24 Å².